The van der Waals surface area contributed by atoms with Crippen LogP contribution in [0.25, 0.3) is 10.9 Å². The van der Waals surface area contributed by atoms with Crippen molar-refractivity contribution >= 4 is 16.6 Å². The van der Waals surface area contributed by atoms with E-state index in [-0.39, 0.29) is 0 Å². The van der Waals surface area contributed by atoms with E-state index in [2.05, 4.69) is 96.9 Å². The smallest absolute Gasteiger partial charge is 0.0486 e. The Labute approximate surface area is 205 Å². The van der Waals surface area contributed by atoms with E-state index in [1.807, 2.05) is 0 Å². The molecule has 4 heteroatoms. The van der Waals surface area contributed by atoms with E-state index in [1.165, 1.54) is 52.9 Å². The third-order valence-corrected chi connectivity index (χ3v) is 8.68. The van der Waals surface area contributed by atoms with Gasteiger partial charge in [0.2, 0.25) is 0 Å². The average Bonchev–Trinajstić information content (AvgIpc) is 3.41. The Kier molecular flexibility index (Phi) is 6.72. The number of piperidine rings is 1. The minimum Gasteiger partial charge on any atom is -0.367 e. The summed E-state index contributed by atoms with van der Waals surface area (Å²) < 4.78 is 0. The van der Waals surface area contributed by atoms with Gasteiger partial charge in [-0.05, 0) is 75.3 Å². The highest BCUT2D eigenvalue weighted by atomic mass is 15.3. The number of rotatable bonds is 8. The summed E-state index contributed by atoms with van der Waals surface area (Å²) in [6.45, 7) is 16.1. The minimum absolute atomic E-state index is 0.351. The van der Waals surface area contributed by atoms with Crippen LogP contribution in [0.4, 0.5) is 5.69 Å². The lowest BCUT2D eigenvalue weighted by Gasteiger charge is -2.38. The third kappa shape index (κ3) is 4.05. The van der Waals surface area contributed by atoms with Crippen molar-refractivity contribution in [3.63, 3.8) is 0 Å². The SMILES string of the molecule is CCN(C)CCc1c(C(C)c2ccc3c(c2)C2CCN(CC)CC2N3CC)[nH]c2ccccc12. The summed E-state index contributed by atoms with van der Waals surface area (Å²) in [5.74, 6) is 1.02. The molecule has 0 aliphatic carbocycles. The summed E-state index contributed by atoms with van der Waals surface area (Å²) in [7, 11) is 2.22. The second-order valence-electron chi connectivity index (χ2n) is 10.4. The summed E-state index contributed by atoms with van der Waals surface area (Å²) in [6, 6.07) is 16.8. The van der Waals surface area contributed by atoms with Crippen molar-refractivity contribution in [2.75, 3.05) is 51.2 Å². The number of likely N-dealkylation sites (tertiary alicyclic amines) is 1. The number of aromatic nitrogens is 1. The molecular formula is C30H42N4. The Morgan fingerprint density at radius 1 is 1.09 bits per heavy atom. The fourth-order valence-electron chi connectivity index (χ4n) is 6.43. The minimum atomic E-state index is 0.351. The van der Waals surface area contributed by atoms with Gasteiger partial charge in [-0.2, -0.15) is 0 Å². The van der Waals surface area contributed by atoms with E-state index < -0.39 is 0 Å². The number of fused-ring (bicyclic) bond motifs is 4. The summed E-state index contributed by atoms with van der Waals surface area (Å²) in [5.41, 5.74) is 8.68. The van der Waals surface area contributed by atoms with Crippen molar-refractivity contribution in [2.24, 2.45) is 0 Å². The zero-order chi connectivity index (χ0) is 23.8. The van der Waals surface area contributed by atoms with Gasteiger partial charge in [0, 0.05) is 59.8 Å². The molecule has 1 fully saturated rings. The highest BCUT2D eigenvalue weighted by Gasteiger charge is 2.41. The van der Waals surface area contributed by atoms with Crippen LogP contribution in [-0.4, -0.2) is 67.1 Å². The molecule has 3 unspecified atom stereocenters. The Balaban J connectivity index is 1.49. The summed E-state index contributed by atoms with van der Waals surface area (Å²) >= 11 is 0. The van der Waals surface area contributed by atoms with E-state index >= 15 is 0 Å². The van der Waals surface area contributed by atoms with Gasteiger partial charge in [-0.3, -0.25) is 0 Å². The Bertz CT molecular complexity index is 1130. The van der Waals surface area contributed by atoms with E-state index in [1.54, 1.807) is 5.56 Å². The molecule has 0 saturated carbocycles. The van der Waals surface area contributed by atoms with Crippen molar-refractivity contribution in [3.05, 3.63) is 64.8 Å². The van der Waals surface area contributed by atoms with Crippen LogP contribution in [-0.2, 0) is 6.42 Å². The van der Waals surface area contributed by atoms with Crippen LogP contribution in [0.15, 0.2) is 42.5 Å². The first-order valence-corrected chi connectivity index (χ1v) is 13.5. The van der Waals surface area contributed by atoms with Crippen molar-refractivity contribution in [3.8, 4) is 0 Å². The van der Waals surface area contributed by atoms with Gasteiger partial charge in [0.05, 0.1) is 0 Å². The van der Waals surface area contributed by atoms with Gasteiger partial charge in [-0.25, -0.2) is 0 Å². The normalized spacial score (nSPS) is 21.3. The number of aromatic amines is 1. The monoisotopic (exact) mass is 458 g/mol. The van der Waals surface area contributed by atoms with Gasteiger partial charge < -0.3 is 19.7 Å². The molecule has 0 amide bonds. The maximum atomic E-state index is 3.83. The lowest BCUT2D eigenvalue weighted by molar-refractivity contribution is 0.202. The van der Waals surface area contributed by atoms with Gasteiger partial charge >= 0.3 is 0 Å². The zero-order valence-corrected chi connectivity index (χ0v) is 21.8. The van der Waals surface area contributed by atoms with E-state index in [4.69, 9.17) is 0 Å². The number of hydrogen-bond donors (Lipinski definition) is 1. The second kappa shape index (κ2) is 9.75. The molecule has 3 aromatic rings. The molecule has 3 heterocycles. The number of nitrogens with zero attached hydrogens (tertiary/aromatic N) is 3. The molecule has 5 rings (SSSR count). The second-order valence-corrected chi connectivity index (χ2v) is 10.4. The number of hydrogen-bond acceptors (Lipinski definition) is 3. The van der Waals surface area contributed by atoms with Crippen LogP contribution in [0.5, 0.6) is 0 Å². The molecule has 3 atom stereocenters. The fourth-order valence-corrected chi connectivity index (χ4v) is 6.43. The van der Waals surface area contributed by atoms with E-state index in [9.17, 15) is 0 Å². The molecule has 4 nitrogen and oxygen atoms in total. The fraction of sp³-hybridized carbons (Fsp3) is 0.533. The molecule has 0 radical (unpaired) electrons. The van der Waals surface area contributed by atoms with Crippen LogP contribution in [0.2, 0.25) is 0 Å². The van der Waals surface area contributed by atoms with Gasteiger partial charge in [0.25, 0.3) is 0 Å². The highest BCUT2D eigenvalue weighted by molar-refractivity contribution is 5.85. The first-order chi connectivity index (χ1) is 16.5. The standard InChI is InChI=1S/C30H42N4/c1-6-32(5)17-15-25-23-11-9-10-12-27(23)31-30(25)21(4)22-13-14-28-26(19-22)24-16-18-33(7-2)20-29(24)34(28)8-3/h9-14,19,21,24,29,31H,6-8,15-18,20H2,1-5H3. The molecule has 2 aliphatic rings. The van der Waals surface area contributed by atoms with Gasteiger partial charge in [-0.15, -0.1) is 0 Å². The number of H-pyrrole nitrogens is 1. The quantitative estimate of drug-likeness (QED) is 0.460. The van der Waals surface area contributed by atoms with Crippen molar-refractivity contribution in [1.29, 1.82) is 0 Å². The van der Waals surface area contributed by atoms with Crippen LogP contribution in [0, 0.1) is 0 Å². The summed E-state index contributed by atoms with van der Waals surface area (Å²) in [4.78, 5) is 11.5. The number of para-hydroxylation sites is 1. The Morgan fingerprint density at radius 2 is 1.91 bits per heavy atom. The van der Waals surface area contributed by atoms with Crippen LogP contribution >= 0.6 is 0 Å². The summed E-state index contributed by atoms with van der Waals surface area (Å²) in [6.07, 6.45) is 2.36. The van der Waals surface area contributed by atoms with Gasteiger partial charge in [0.15, 0.2) is 0 Å². The maximum Gasteiger partial charge on any atom is 0.0486 e. The largest absolute Gasteiger partial charge is 0.367 e. The molecule has 2 aliphatic heterocycles. The predicted octanol–water partition coefficient (Wildman–Crippen LogP) is 5.83. The maximum absolute atomic E-state index is 3.83. The van der Waals surface area contributed by atoms with Gasteiger partial charge in [0.1, 0.15) is 0 Å². The molecular weight excluding hydrogens is 416 g/mol. The Morgan fingerprint density at radius 3 is 2.68 bits per heavy atom. The van der Waals surface area contributed by atoms with Crippen LogP contribution < -0.4 is 4.90 Å². The molecule has 1 N–H and O–H groups in total. The van der Waals surface area contributed by atoms with Crippen molar-refractivity contribution in [1.82, 2.24) is 14.8 Å². The third-order valence-electron chi connectivity index (χ3n) is 8.68. The number of benzene rings is 2. The molecule has 0 spiro atoms. The highest BCUT2D eigenvalue weighted by Crippen LogP contribution is 2.46. The van der Waals surface area contributed by atoms with E-state index in [0.717, 1.165) is 32.6 Å². The van der Waals surface area contributed by atoms with Crippen molar-refractivity contribution in [2.45, 2.75) is 58.4 Å². The van der Waals surface area contributed by atoms with Gasteiger partial charge in [-0.1, -0.05) is 51.1 Å². The molecule has 2 aromatic carbocycles. The lowest BCUT2D eigenvalue weighted by Crippen LogP contribution is -2.48. The first kappa shape index (κ1) is 23.4. The number of anilines is 1. The van der Waals surface area contributed by atoms with Crippen LogP contribution in [0.1, 0.15) is 68.3 Å². The zero-order valence-electron chi connectivity index (χ0n) is 21.8. The lowest BCUT2D eigenvalue weighted by atomic mass is 9.85. The Hall–Kier alpha value is -2.30. The molecule has 182 valence electrons. The predicted molar refractivity (Wildman–Crippen MR) is 145 cm³/mol. The molecule has 34 heavy (non-hydrogen) atoms. The average molecular weight is 459 g/mol. The molecule has 0 bridgehead atoms. The first-order valence-electron chi connectivity index (χ1n) is 13.5. The van der Waals surface area contributed by atoms with Crippen LogP contribution in [0.3, 0.4) is 0 Å². The number of nitrogens with one attached hydrogen (secondary N) is 1. The number of likely N-dealkylation sites (N-methyl/N-ethyl adjacent to an activating group) is 3. The van der Waals surface area contributed by atoms with Crippen molar-refractivity contribution < 1.29 is 0 Å². The summed E-state index contributed by atoms with van der Waals surface area (Å²) in [5, 5.41) is 1.39. The van der Waals surface area contributed by atoms with E-state index in [0.29, 0.717) is 17.9 Å². The molecule has 1 saturated heterocycles. The molecule has 1 aromatic heterocycles. The topological polar surface area (TPSA) is 25.5 Å².